The van der Waals surface area contributed by atoms with Gasteiger partial charge in [-0.25, -0.2) is 0 Å². The molecule has 1 aromatic carbocycles. The van der Waals surface area contributed by atoms with E-state index in [0.29, 0.717) is 6.04 Å². The Balaban J connectivity index is 1.63. The summed E-state index contributed by atoms with van der Waals surface area (Å²) in [6.07, 6.45) is 3.62. The van der Waals surface area contributed by atoms with Crippen molar-refractivity contribution in [3.63, 3.8) is 0 Å². The first-order chi connectivity index (χ1) is 9.13. The number of fused-ring (bicyclic) bond motifs is 1. The fourth-order valence-corrected chi connectivity index (χ4v) is 3.53. The molecule has 0 saturated heterocycles. The van der Waals surface area contributed by atoms with Crippen molar-refractivity contribution < 1.29 is 9.90 Å². The van der Waals surface area contributed by atoms with Crippen molar-refractivity contribution in [2.24, 2.45) is 5.92 Å². The maximum absolute atomic E-state index is 11.0. The molecule has 102 valence electrons. The molecular formula is C15H18ClNO2. The van der Waals surface area contributed by atoms with Gasteiger partial charge in [-0.2, -0.15) is 0 Å². The Kier molecular flexibility index (Phi) is 3.50. The normalized spacial score (nSPS) is 27.2. The summed E-state index contributed by atoms with van der Waals surface area (Å²) in [6.45, 7) is 1.94. The number of carbonyl (C=O) groups is 1. The molecule has 2 aliphatic rings. The van der Waals surface area contributed by atoms with Gasteiger partial charge in [0.2, 0.25) is 0 Å². The van der Waals surface area contributed by atoms with Crippen LogP contribution in [0.5, 0.6) is 0 Å². The largest absolute Gasteiger partial charge is 0.481 e. The third kappa shape index (κ3) is 2.63. The smallest absolute Gasteiger partial charge is 0.306 e. The number of carboxylic acid groups (broad SMARTS) is 1. The van der Waals surface area contributed by atoms with Gasteiger partial charge in [0.05, 0.1) is 5.92 Å². The Labute approximate surface area is 118 Å². The lowest BCUT2D eigenvalue weighted by Crippen LogP contribution is -2.35. The maximum atomic E-state index is 11.0. The Morgan fingerprint density at radius 3 is 2.53 bits per heavy atom. The van der Waals surface area contributed by atoms with Crippen LogP contribution in [-0.2, 0) is 17.9 Å². The first kappa shape index (κ1) is 12.9. The lowest BCUT2D eigenvalue weighted by molar-refractivity contribution is -0.143. The second-order valence-electron chi connectivity index (χ2n) is 5.66. The van der Waals surface area contributed by atoms with E-state index in [1.54, 1.807) is 0 Å². The zero-order valence-electron chi connectivity index (χ0n) is 10.8. The summed E-state index contributed by atoms with van der Waals surface area (Å²) in [4.78, 5) is 13.4. The summed E-state index contributed by atoms with van der Waals surface area (Å²) in [5.74, 6) is -0.759. The van der Waals surface area contributed by atoms with E-state index < -0.39 is 5.97 Å². The number of hydrogen-bond donors (Lipinski definition) is 1. The van der Waals surface area contributed by atoms with Crippen molar-refractivity contribution in [3.05, 3.63) is 34.3 Å². The lowest BCUT2D eigenvalue weighted by atomic mass is 9.85. The van der Waals surface area contributed by atoms with Crippen LogP contribution in [0.4, 0.5) is 0 Å². The highest BCUT2D eigenvalue weighted by atomic mass is 35.5. The second kappa shape index (κ2) is 5.14. The summed E-state index contributed by atoms with van der Waals surface area (Å²) in [5.41, 5.74) is 2.69. The molecule has 4 heteroatoms. The van der Waals surface area contributed by atoms with Crippen molar-refractivity contribution in [1.82, 2.24) is 4.90 Å². The highest BCUT2D eigenvalue weighted by Crippen LogP contribution is 2.33. The molecule has 1 aliphatic carbocycles. The van der Waals surface area contributed by atoms with Crippen LogP contribution in [0.15, 0.2) is 18.2 Å². The third-order valence-corrected chi connectivity index (χ3v) is 4.71. The molecule has 0 spiro atoms. The molecule has 1 aliphatic heterocycles. The van der Waals surface area contributed by atoms with Crippen LogP contribution >= 0.6 is 11.6 Å². The van der Waals surface area contributed by atoms with Gasteiger partial charge in [-0.15, -0.1) is 0 Å². The zero-order valence-corrected chi connectivity index (χ0v) is 11.6. The topological polar surface area (TPSA) is 40.5 Å². The molecule has 1 saturated carbocycles. The standard InChI is InChI=1S/C15H18ClNO2/c16-13-4-1-11-8-17(9-12(11)7-13)14-5-2-10(3-6-14)15(18)19/h1,4,7,10,14H,2-3,5-6,8-9H2,(H,18,19). The van der Waals surface area contributed by atoms with E-state index in [1.165, 1.54) is 11.1 Å². The van der Waals surface area contributed by atoms with E-state index in [-0.39, 0.29) is 5.92 Å². The highest BCUT2D eigenvalue weighted by Gasteiger charge is 2.31. The van der Waals surface area contributed by atoms with E-state index >= 15 is 0 Å². The third-order valence-electron chi connectivity index (χ3n) is 4.48. The fourth-order valence-electron chi connectivity index (χ4n) is 3.34. The van der Waals surface area contributed by atoms with Gasteiger partial charge < -0.3 is 5.11 Å². The summed E-state index contributed by atoms with van der Waals surface area (Å²) in [6, 6.07) is 6.65. The highest BCUT2D eigenvalue weighted by molar-refractivity contribution is 6.30. The van der Waals surface area contributed by atoms with Crippen molar-refractivity contribution >= 4 is 17.6 Å². The van der Waals surface area contributed by atoms with Gasteiger partial charge >= 0.3 is 5.97 Å². The molecule has 0 bridgehead atoms. The fraction of sp³-hybridized carbons (Fsp3) is 0.533. The van der Waals surface area contributed by atoms with Crippen molar-refractivity contribution in [2.75, 3.05) is 0 Å². The average Bonchev–Trinajstić information content (AvgIpc) is 2.81. The number of hydrogen-bond acceptors (Lipinski definition) is 2. The van der Waals surface area contributed by atoms with Gasteiger partial charge in [0, 0.05) is 24.2 Å². The molecule has 3 rings (SSSR count). The van der Waals surface area contributed by atoms with E-state index in [4.69, 9.17) is 16.7 Å². The van der Waals surface area contributed by atoms with Crippen LogP contribution in [0.1, 0.15) is 36.8 Å². The Morgan fingerprint density at radius 2 is 1.84 bits per heavy atom. The molecule has 1 fully saturated rings. The molecular weight excluding hydrogens is 262 g/mol. The Morgan fingerprint density at radius 1 is 1.16 bits per heavy atom. The van der Waals surface area contributed by atoms with E-state index in [1.807, 2.05) is 6.07 Å². The zero-order chi connectivity index (χ0) is 13.4. The minimum atomic E-state index is -0.630. The maximum Gasteiger partial charge on any atom is 0.306 e. The SMILES string of the molecule is O=C(O)C1CCC(N2Cc3ccc(Cl)cc3C2)CC1. The number of nitrogens with zero attached hydrogens (tertiary/aromatic N) is 1. The van der Waals surface area contributed by atoms with Gasteiger partial charge in [0.1, 0.15) is 0 Å². The number of carboxylic acids is 1. The first-order valence-electron chi connectivity index (χ1n) is 6.87. The molecule has 0 unspecified atom stereocenters. The van der Waals surface area contributed by atoms with Crippen LogP contribution in [0.2, 0.25) is 5.02 Å². The lowest BCUT2D eigenvalue weighted by Gasteiger charge is -2.33. The number of halogens is 1. The summed E-state index contributed by atoms with van der Waals surface area (Å²) in [7, 11) is 0. The van der Waals surface area contributed by atoms with Crippen molar-refractivity contribution in [2.45, 2.75) is 44.8 Å². The Bertz CT molecular complexity index is 495. The van der Waals surface area contributed by atoms with E-state index in [0.717, 1.165) is 43.8 Å². The molecule has 3 nitrogen and oxygen atoms in total. The van der Waals surface area contributed by atoms with E-state index in [9.17, 15) is 4.79 Å². The number of aliphatic carboxylic acids is 1. The predicted octanol–water partition coefficient (Wildman–Crippen LogP) is 3.30. The summed E-state index contributed by atoms with van der Waals surface area (Å²) >= 11 is 6.03. The van der Waals surface area contributed by atoms with Gasteiger partial charge in [-0.05, 0) is 48.9 Å². The quantitative estimate of drug-likeness (QED) is 0.903. The summed E-state index contributed by atoms with van der Waals surface area (Å²) in [5, 5.41) is 9.84. The summed E-state index contributed by atoms with van der Waals surface area (Å²) < 4.78 is 0. The molecule has 0 radical (unpaired) electrons. The van der Waals surface area contributed by atoms with Gasteiger partial charge in [0.25, 0.3) is 0 Å². The van der Waals surface area contributed by atoms with Crippen LogP contribution in [0.3, 0.4) is 0 Å². The molecule has 0 amide bonds. The molecule has 0 atom stereocenters. The molecule has 19 heavy (non-hydrogen) atoms. The molecule has 1 aromatic rings. The number of benzene rings is 1. The molecule has 1 N–H and O–H groups in total. The number of rotatable bonds is 2. The Hall–Kier alpha value is -1.06. The van der Waals surface area contributed by atoms with Crippen LogP contribution in [0, 0.1) is 5.92 Å². The van der Waals surface area contributed by atoms with Gasteiger partial charge in [0.15, 0.2) is 0 Å². The van der Waals surface area contributed by atoms with Gasteiger partial charge in [-0.1, -0.05) is 17.7 Å². The second-order valence-corrected chi connectivity index (χ2v) is 6.10. The van der Waals surface area contributed by atoms with Crippen LogP contribution in [0.25, 0.3) is 0 Å². The van der Waals surface area contributed by atoms with Crippen molar-refractivity contribution in [3.8, 4) is 0 Å². The van der Waals surface area contributed by atoms with Crippen LogP contribution in [-0.4, -0.2) is 22.0 Å². The van der Waals surface area contributed by atoms with Crippen molar-refractivity contribution in [1.29, 1.82) is 0 Å². The van der Waals surface area contributed by atoms with Crippen LogP contribution < -0.4 is 0 Å². The average molecular weight is 280 g/mol. The minimum Gasteiger partial charge on any atom is -0.481 e. The first-order valence-corrected chi connectivity index (χ1v) is 7.25. The van der Waals surface area contributed by atoms with E-state index in [2.05, 4.69) is 17.0 Å². The molecule has 0 aromatic heterocycles. The molecule has 1 heterocycles. The predicted molar refractivity (Wildman–Crippen MR) is 74.1 cm³/mol. The van der Waals surface area contributed by atoms with Gasteiger partial charge in [-0.3, -0.25) is 9.69 Å². The minimum absolute atomic E-state index is 0.129. The monoisotopic (exact) mass is 279 g/mol.